The number of hydrogen-bond donors (Lipinski definition) is 1. The summed E-state index contributed by atoms with van der Waals surface area (Å²) in [5.41, 5.74) is 0.993. The molecule has 0 aromatic heterocycles. The van der Waals surface area contributed by atoms with Crippen LogP contribution in [0.3, 0.4) is 0 Å². The summed E-state index contributed by atoms with van der Waals surface area (Å²) in [6.07, 6.45) is 9.79. The van der Waals surface area contributed by atoms with Gasteiger partial charge in [0.15, 0.2) is 0 Å². The highest BCUT2D eigenvalue weighted by Crippen LogP contribution is 2.60. The fraction of sp³-hybridized carbons (Fsp3) is 1.00. The number of thioether (sulfide) groups is 1. The number of ether oxygens (including phenoxy) is 1. The van der Waals surface area contributed by atoms with Crippen molar-refractivity contribution in [2.45, 2.75) is 56.6 Å². The van der Waals surface area contributed by atoms with E-state index in [0.29, 0.717) is 0 Å². The van der Waals surface area contributed by atoms with Crippen molar-refractivity contribution < 1.29 is 4.74 Å². The quantitative estimate of drug-likeness (QED) is 0.846. The number of hydrogen-bond acceptors (Lipinski definition) is 3. The molecule has 4 aliphatic rings. The lowest BCUT2D eigenvalue weighted by atomic mass is 9.89. The van der Waals surface area contributed by atoms with Crippen molar-refractivity contribution in [2.75, 3.05) is 24.7 Å². The minimum absolute atomic E-state index is 0.247. The molecule has 1 spiro atoms. The Morgan fingerprint density at radius 3 is 2.72 bits per heavy atom. The van der Waals surface area contributed by atoms with Crippen LogP contribution in [0.2, 0.25) is 0 Å². The van der Waals surface area contributed by atoms with Crippen molar-refractivity contribution in [1.82, 2.24) is 5.32 Å². The normalized spacial score (nSPS) is 42.3. The van der Waals surface area contributed by atoms with Crippen LogP contribution in [0.5, 0.6) is 0 Å². The first-order chi connectivity index (χ1) is 8.80. The maximum Gasteiger partial charge on any atom is 0.0795 e. The van der Waals surface area contributed by atoms with Crippen molar-refractivity contribution in [1.29, 1.82) is 0 Å². The lowest BCUT2D eigenvalue weighted by molar-refractivity contribution is -0.0706. The van der Waals surface area contributed by atoms with Gasteiger partial charge < -0.3 is 10.1 Å². The van der Waals surface area contributed by atoms with Crippen molar-refractivity contribution in [2.24, 2.45) is 11.3 Å². The first kappa shape index (κ1) is 12.0. The molecule has 3 heteroatoms. The van der Waals surface area contributed by atoms with Crippen LogP contribution in [-0.2, 0) is 4.74 Å². The Bertz CT molecular complexity index is 318. The minimum Gasteiger partial charge on any atom is -0.374 e. The van der Waals surface area contributed by atoms with Gasteiger partial charge in [0.25, 0.3) is 0 Å². The minimum atomic E-state index is 0.247. The molecule has 2 atom stereocenters. The Morgan fingerprint density at radius 2 is 2.06 bits per heavy atom. The molecular weight excluding hydrogens is 242 g/mol. The van der Waals surface area contributed by atoms with Crippen LogP contribution in [0, 0.1) is 11.3 Å². The van der Waals surface area contributed by atoms with Gasteiger partial charge >= 0.3 is 0 Å². The van der Waals surface area contributed by atoms with Gasteiger partial charge in [0.1, 0.15) is 0 Å². The molecule has 2 saturated heterocycles. The summed E-state index contributed by atoms with van der Waals surface area (Å²) in [4.78, 5) is 0. The molecule has 1 N–H and O–H groups in total. The van der Waals surface area contributed by atoms with Crippen LogP contribution < -0.4 is 5.32 Å². The van der Waals surface area contributed by atoms with Crippen LogP contribution in [-0.4, -0.2) is 36.3 Å². The zero-order valence-electron chi connectivity index (χ0n) is 11.2. The summed E-state index contributed by atoms with van der Waals surface area (Å²) >= 11 is 2.08. The molecule has 0 aromatic rings. The monoisotopic (exact) mass is 267 g/mol. The van der Waals surface area contributed by atoms with Crippen molar-refractivity contribution >= 4 is 11.8 Å². The zero-order chi connectivity index (χ0) is 12.1. The molecule has 0 amide bonds. The van der Waals surface area contributed by atoms with E-state index in [1.54, 1.807) is 0 Å². The van der Waals surface area contributed by atoms with E-state index in [1.165, 1.54) is 63.0 Å². The Balaban J connectivity index is 1.31. The van der Waals surface area contributed by atoms with Crippen molar-refractivity contribution in [3.63, 3.8) is 0 Å². The average Bonchev–Trinajstić information content (AvgIpc) is 3.28. The molecule has 2 heterocycles. The van der Waals surface area contributed by atoms with E-state index in [0.717, 1.165) is 24.0 Å². The van der Waals surface area contributed by atoms with Gasteiger partial charge in [-0.05, 0) is 62.0 Å². The van der Waals surface area contributed by atoms with E-state index in [4.69, 9.17) is 4.74 Å². The van der Waals surface area contributed by atoms with Gasteiger partial charge in [0, 0.05) is 24.9 Å². The Morgan fingerprint density at radius 1 is 1.17 bits per heavy atom. The molecule has 0 bridgehead atoms. The fourth-order valence-electron chi connectivity index (χ4n) is 4.00. The van der Waals surface area contributed by atoms with Gasteiger partial charge in [-0.25, -0.2) is 0 Å². The standard InChI is InChI=1S/C15H25NOS/c1-2-12(1)14(4-5-14)10-16-13-3-7-17-15(9-13)6-8-18-11-15/h12-13,16H,1-11H2. The van der Waals surface area contributed by atoms with Gasteiger partial charge in [-0.2, -0.15) is 11.8 Å². The maximum absolute atomic E-state index is 6.10. The van der Waals surface area contributed by atoms with E-state index < -0.39 is 0 Å². The van der Waals surface area contributed by atoms with Gasteiger partial charge in [0.05, 0.1) is 5.60 Å². The van der Waals surface area contributed by atoms with E-state index in [-0.39, 0.29) is 5.60 Å². The summed E-state index contributed by atoms with van der Waals surface area (Å²) in [5.74, 6) is 3.62. The Hall–Kier alpha value is 0.270. The van der Waals surface area contributed by atoms with Crippen LogP contribution in [0.1, 0.15) is 44.9 Å². The lowest BCUT2D eigenvalue weighted by Crippen LogP contribution is -2.48. The third-order valence-corrected chi connectivity index (χ3v) is 6.86. The predicted molar refractivity (Wildman–Crippen MR) is 76.0 cm³/mol. The third-order valence-electron chi connectivity index (χ3n) is 5.64. The maximum atomic E-state index is 6.10. The first-order valence-corrected chi connectivity index (χ1v) is 8.91. The molecule has 2 nitrogen and oxygen atoms in total. The second-order valence-electron chi connectivity index (χ2n) is 7.04. The van der Waals surface area contributed by atoms with E-state index in [9.17, 15) is 0 Å². The fourth-order valence-corrected chi connectivity index (χ4v) is 5.38. The van der Waals surface area contributed by atoms with Crippen molar-refractivity contribution in [3.8, 4) is 0 Å². The van der Waals surface area contributed by atoms with Crippen LogP contribution in [0.4, 0.5) is 0 Å². The van der Waals surface area contributed by atoms with E-state index in [1.807, 2.05) is 0 Å². The average molecular weight is 267 g/mol. The molecule has 2 saturated carbocycles. The van der Waals surface area contributed by atoms with Gasteiger partial charge in [-0.1, -0.05) is 0 Å². The summed E-state index contributed by atoms with van der Waals surface area (Å²) < 4.78 is 6.10. The second kappa shape index (κ2) is 4.39. The molecule has 2 aliphatic heterocycles. The molecule has 18 heavy (non-hydrogen) atoms. The highest BCUT2D eigenvalue weighted by atomic mass is 32.2. The summed E-state index contributed by atoms with van der Waals surface area (Å²) in [7, 11) is 0. The molecule has 0 aromatic carbocycles. The third kappa shape index (κ3) is 2.23. The second-order valence-corrected chi connectivity index (χ2v) is 8.15. The van der Waals surface area contributed by atoms with E-state index in [2.05, 4.69) is 17.1 Å². The van der Waals surface area contributed by atoms with Crippen molar-refractivity contribution in [3.05, 3.63) is 0 Å². The number of rotatable bonds is 4. The first-order valence-electron chi connectivity index (χ1n) is 7.76. The summed E-state index contributed by atoms with van der Waals surface area (Å²) in [5, 5.41) is 3.91. The molecule has 0 radical (unpaired) electrons. The highest BCUT2D eigenvalue weighted by molar-refractivity contribution is 7.99. The SMILES string of the molecule is C1CC(NCC2(C3CC3)CC2)CC2(CCSC2)O1. The molecule has 2 unspecified atom stereocenters. The van der Waals surface area contributed by atoms with Gasteiger partial charge in [0.2, 0.25) is 0 Å². The zero-order valence-corrected chi connectivity index (χ0v) is 12.1. The Labute approximate surface area is 115 Å². The largest absolute Gasteiger partial charge is 0.374 e. The smallest absolute Gasteiger partial charge is 0.0795 e. The lowest BCUT2D eigenvalue weighted by Gasteiger charge is -2.38. The molecule has 4 rings (SSSR count). The topological polar surface area (TPSA) is 21.3 Å². The number of nitrogens with one attached hydrogen (secondary N) is 1. The van der Waals surface area contributed by atoms with Crippen LogP contribution in [0.15, 0.2) is 0 Å². The molecular formula is C15H25NOS. The van der Waals surface area contributed by atoms with Crippen LogP contribution in [0.25, 0.3) is 0 Å². The molecule has 4 fully saturated rings. The van der Waals surface area contributed by atoms with E-state index >= 15 is 0 Å². The predicted octanol–water partition coefficient (Wildman–Crippen LogP) is 2.82. The van der Waals surface area contributed by atoms with Gasteiger partial charge in [-0.15, -0.1) is 0 Å². The Kier molecular flexibility index (Phi) is 2.94. The molecule has 2 aliphatic carbocycles. The summed E-state index contributed by atoms with van der Waals surface area (Å²) in [6.45, 7) is 2.28. The highest BCUT2D eigenvalue weighted by Gasteiger charge is 2.53. The summed E-state index contributed by atoms with van der Waals surface area (Å²) in [6, 6.07) is 0.730. The van der Waals surface area contributed by atoms with Crippen LogP contribution >= 0.6 is 11.8 Å². The van der Waals surface area contributed by atoms with Gasteiger partial charge in [-0.3, -0.25) is 0 Å². The molecule has 102 valence electrons.